The normalized spacial score (nSPS) is 15.4. The van der Waals surface area contributed by atoms with E-state index in [1.54, 1.807) is 13.1 Å². The third-order valence-corrected chi connectivity index (χ3v) is 6.93. The van der Waals surface area contributed by atoms with Crippen LogP contribution < -0.4 is 4.90 Å². The molecule has 4 rings (SSSR count). The van der Waals surface area contributed by atoms with Crippen molar-refractivity contribution in [1.29, 1.82) is 0 Å². The van der Waals surface area contributed by atoms with Gasteiger partial charge in [-0.3, -0.25) is 9.59 Å². The molecule has 0 bridgehead atoms. The van der Waals surface area contributed by atoms with E-state index in [2.05, 4.69) is 20.0 Å². The Labute approximate surface area is 218 Å². The number of aryl methyl sites for hydroxylation is 1. The van der Waals surface area contributed by atoms with Crippen LogP contribution in [0.5, 0.6) is 0 Å². The van der Waals surface area contributed by atoms with Gasteiger partial charge in [0.25, 0.3) is 0 Å². The molecule has 0 N–H and O–H groups in total. The third-order valence-electron chi connectivity index (χ3n) is 6.93. The number of alkyl halides is 3. The summed E-state index contributed by atoms with van der Waals surface area (Å²) < 4.78 is 45.2. The molecule has 1 unspecified atom stereocenters. The monoisotopic (exact) mass is 529 g/mol. The van der Waals surface area contributed by atoms with Crippen LogP contribution in [0.3, 0.4) is 0 Å². The number of piperidine rings is 1. The molecule has 0 radical (unpaired) electrons. The number of nitrogens with zero attached hydrogens (tertiary/aromatic N) is 5. The quantitative estimate of drug-likeness (QED) is 0.318. The maximum absolute atomic E-state index is 13.0. The van der Waals surface area contributed by atoms with Gasteiger partial charge < -0.3 is 9.64 Å². The van der Waals surface area contributed by atoms with Gasteiger partial charge in [0, 0.05) is 38.8 Å². The molecule has 1 aliphatic rings. The van der Waals surface area contributed by atoms with Gasteiger partial charge in [-0.05, 0) is 62.8 Å². The maximum atomic E-state index is 13.0. The van der Waals surface area contributed by atoms with Gasteiger partial charge in [0.2, 0.25) is 0 Å². The summed E-state index contributed by atoms with van der Waals surface area (Å²) in [6.07, 6.45) is 1.17. The first kappa shape index (κ1) is 27.3. The highest BCUT2D eigenvalue weighted by Gasteiger charge is 2.31. The molecular formula is C27H30F3N5O3. The Bertz CT molecular complexity index is 1310. The zero-order valence-electron chi connectivity index (χ0n) is 21.7. The number of halogens is 3. The standard InChI is InChI=1S/C27H30F3N5O3/c1-16-11-20(13-32-26(16)34-9-7-21(8-10-34)18(3)38-19(4)36)12-24(37)23-15-33-35(17(23)2)25-6-5-22(14-31-25)27(28,29)30/h5-6,11,13-15,18,21H,7-10,12H2,1-4H3. The molecule has 0 aliphatic carbocycles. The molecular weight excluding hydrogens is 499 g/mol. The largest absolute Gasteiger partial charge is 0.463 e. The number of ether oxygens (including phenoxy) is 1. The number of pyridine rings is 2. The van der Waals surface area contributed by atoms with E-state index >= 15 is 0 Å². The van der Waals surface area contributed by atoms with Gasteiger partial charge in [0.1, 0.15) is 11.9 Å². The van der Waals surface area contributed by atoms with Crippen LogP contribution in [-0.4, -0.2) is 50.7 Å². The molecule has 4 heterocycles. The second-order valence-electron chi connectivity index (χ2n) is 9.68. The highest BCUT2D eigenvalue weighted by Crippen LogP contribution is 2.30. The van der Waals surface area contributed by atoms with Crippen molar-refractivity contribution in [3.05, 3.63) is 64.7 Å². The molecule has 1 aliphatic heterocycles. The average Bonchev–Trinajstić information content (AvgIpc) is 3.25. The molecule has 0 spiro atoms. The summed E-state index contributed by atoms with van der Waals surface area (Å²) in [5, 5.41) is 4.17. The number of aromatic nitrogens is 4. The summed E-state index contributed by atoms with van der Waals surface area (Å²) >= 11 is 0. The van der Waals surface area contributed by atoms with Crippen molar-refractivity contribution in [1.82, 2.24) is 19.7 Å². The van der Waals surface area contributed by atoms with Gasteiger partial charge >= 0.3 is 12.1 Å². The van der Waals surface area contributed by atoms with Crippen LogP contribution in [0.2, 0.25) is 0 Å². The lowest BCUT2D eigenvalue weighted by Gasteiger charge is -2.35. The van der Waals surface area contributed by atoms with E-state index in [1.165, 1.54) is 23.9 Å². The van der Waals surface area contributed by atoms with Crippen LogP contribution in [-0.2, 0) is 22.1 Å². The van der Waals surface area contributed by atoms with Gasteiger partial charge in [0.05, 0.1) is 23.0 Å². The van der Waals surface area contributed by atoms with E-state index in [4.69, 9.17) is 4.74 Å². The summed E-state index contributed by atoms with van der Waals surface area (Å²) in [6.45, 7) is 8.61. The number of hydrogen-bond donors (Lipinski definition) is 0. The number of rotatable bonds is 7. The number of esters is 1. The van der Waals surface area contributed by atoms with Crippen LogP contribution in [0.4, 0.5) is 19.0 Å². The zero-order chi connectivity index (χ0) is 27.6. The first-order valence-electron chi connectivity index (χ1n) is 12.4. The molecule has 0 aromatic carbocycles. The predicted octanol–water partition coefficient (Wildman–Crippen LogP) is 4.89. The molecule has 0 saturated carbocycles. The predicted molar refractivity (Wildman–Crippen MR) is 134 cm³/mol. The minimum Gasteiger partial charge on any atom is -0.463 e. The molecule has 8 nitrogen and oxygen atoms in total. The molecule has 11 heteroatoms. The Morgan fingerprint density at radius 2 is 1.82 bits per heavy atom. The third kappa shape index (κ3) is 6.03. The Hall–Kier alpha value is -3.76. The summed E-state index contributed by atoms with van der Waals surface area (Å²) in [7, 11) is 0. The molecule has 3 aromatic rings. The lowest BCUT2D eigenvalue weighted by Crippen LogP contribution is -2.39. The lowest BCUT2D eigenvalue weighted by molar-refractivity contribution is -0.148. The average molecular weight is 530 g/mol. The van der Waals surface area contributed by atoms with Crippen LogP contribution in [0, 0.1) is 19.8 Å². The van der Waals surface area contributed by atoms with Crippen LogP contribution in [0.25, 0.3) is 5.82 Å². The zero-order valence-corrected chi connectivity index (χ0v) is 21.7. The van der Waals surface area contributed by atoms with Crippen molar-refractivity contribution in [3.63, 3.8) is 0 Å². The second kappa shape index (κ2) is 10.9. The van der Waals surface area contributed by atoms with E-state index < -0.39 is 11.7 Å². The van der Waals surface area contributed by atoms with Gasteiger partial charge in [0.15, 0.2) is 11.6 Å². The van der Waals surface area contributed by atoms with Crippen molar-refractivity contribution in [2.24, 2.45) is 5.92 Å². The van der Waals surface area contributed by atoms with Gasteiger partial charge in [-0.15, -0.1) is 0 Å². The molecule has 0 amide bonds. The number of ketones is 1. The Kier molecular flexibility index (Phi) is 7.84. The first-order valence-corrected chi connectivity index (χ1v) is 12.4. The fourth-order valence-electron chi connectivity index (χ4n) is 4.87. The van der Waals surface area contributed by atoms with Crippen molar-refractivity contribution in [2.75, 3.05) is 18.0 Å². The number of Topliss-reactive ketones (excluding diaryl/α,β-unsaturated/α-hetero) is 1. The van der Waals surface area contributed by atoms with Gasteiger partial charge in [-0.1, -0.05) is 6.07 Å². The summed E-state index contributed by atoms with van der Waals surface area (Å²) in [4.78, 5) is 35.0. The highest BCUT2D eigenvalue weighted by molar-refractivity contribution is 5.98. The van der Waals surface area contributed by atoms with E-state index in [0.717, 1.165) is 55.1 Å². The van der Waals surface area contributed by atoms with E-state index in [1.807, 2.05) is 19.9 Å². The fourth-order valence-corrected chi connectivity index (χ4v) is 4.87. The molecule has 1 atom stereocenters. The first-order chi connectivity index (χ1) is 17.9. The summed E-state index contributed by atoms with van der Waals surface area (Å²) in [5.41, 5.74) is 1.74. The van der Waals surface area contributed by atoms with Crippen molar-refractivity contribution >= 4 is 17.6 Å². The topological polar surface area (TPSA) is 90.2 Å². The lowest BCUT2D eigenvalue weighted by atomic mass is 9.92. The Balaban J connectivity index is 1.41. The van der Waals surface area contributed by atoms with Crippen molar-refractivity contribution in [3.8, 4) is 5.82 Å². The minimum absolute atomic E-state index is 0.111. The summed E-state index contributed by atoms with van der Waals surface area (Å²) in [6, 6.07) is 4.11. The van der Waals surface area contributed by atoms with E-state index in [0.29, 0.717) is 17.2 Å². The minimum atomic E-state index is -4.48. The highest BCUT2D eigenvalue weighted by atomic mass is 19.4. The second-order valence-corrected chi connectivity index (χ2v) is 9.68. The molecule has 202 valence electrons. The summed E-state index contributed by atoms with van der Waals surface area (Å²) in [5.74, 6) is 0.949. The van der Waals surface area contributed by atoms with Gasteiger partial charge in [-0.2, -0.15) is 18.3 Å². The van der Waals surface area contributed by atoms with E-state index in [9.17, 15) is 22.8 Å². The smallest absolute Gasteiger partial charge is 0.417 e. The molecule has 1 fully saturated rings. The maximum Gasteiger partial charge on any atom is 0.417 e. The number of carbonyl (C=O) groups is 2. The Morgan fingerprint density at radius 1 is 1.11 bits per heavy atom. The number of hydrogen-bond acceptors (Lipinski definition) is 7. The Morgan fingerprint density at radius 3 is 2.39 bits per heavy atom. The van der Waals surface area contributed by atoms with Crippen LogP contribution in [0.1, 0.15) is 59.4 Å². The van der Waals surface area contributed by atoms with Crippen LogP contribution in [0.15, 0.2) is 36.8 Å². The molecule has 1 saturated heterocycles. The van der Waals surface area contributed by atoms with Gasteiger partial charge in [-0.25, -0.2) is 14.6 Å². The van der Waals surface area contributed by atoms with Crippen molar-refractivity contribution in [2.45, 2.75) is 59.2 Å². The molecule has 3 aromatic heterocycles. The number of anilines is 1. The SMILES string of the molecule is CC(=O)OC(C)C1CCN(c2ncc(CC(=O)c3cnn(-c4ccc(C(F)(F)F)cn4)c3C)cc2C)CC1. The van der Waals surface area contributed by atoms with E-state index in [-0.39, 0.29) is 30.1 Å². The fraction of sp³-hybridized carbons (Fsp3) is 0.444. The van der Waals surface area contributed by atoms with Crippen molar-refractivity contribution < 1.29 is 27.5 Å². The number of carbonyl (C=O) groups excluding carboxylic acids is 2. The molecule has 38 heavy (non-hydrogen) atoms. The van der Waals surface area contributed by atoms with Crippen LogP contribution >= 0.6 is 0 Å².